The summed E-state index contributed by atoms with van der Waals surface area (Å²) in [5.74, 6) is 0.498. The Kier molecular flexibility index (Phi) is 12.7. The Morgan fingerprint density at radius 1 is 0.618 bits per heavy atom. The third-order valence-corrected chi connectivity index (χ3v) is 8.28. The van der Waals surface area contributed by atoms with Gasteiger partial charge in [0.25, 0.3) is 0 Å². The quantitative estimate of drug-likeness (QED) is 0.0555. The van der Waals surface area contributed by atoms with Crippen LogP contribution in [0.5, 0.6) is 23.0 Å². The van der Waals surface area contributed by atoms with Crippen LogP contribution in [0.15, 0.2) is 162 Å². The first-order chi connectivity index (χ1) is 26.5. The maximum atomic E-state index is 12.3. The van der Waals surface area contributed by atoms with Crippen LogP contribution in [0.2, 0.25) is 0 Å². The highest BCUT2D eigenvalue weighted by molar-refractivity contribution is 5.90. The third-order valence-electron chi connectivity index (χ3n) is 8.28. The van der Waals surface area contributed by atoms with E-state index in [2.05, 4.69) is 38.8 Å². The van der Waals surface area contributed by atoms with Crippen LogP contribution >= 0.6 is 0 Å². The van der Waals surface area contributed by atoms with Crippen molar-refractivity contribution in [3.8, 4) is 56.4 Å². The van der Waals surface area contributed by atoms with Crippen LogP contribution < -0.4 is 24.6 Å². The van der Waals surface area contributed by atoms with Gasteiger partial charge in [-0.3, -0.25) is 0 Å². The van der Waals surface area contributed by atoms with Crippen LogP contribution in [-0.4, -0.2) is 25.0 Å². The van der Waals surface area contributed by atoms with Crippen molar-refractivity contribution in [1.29, 1.82) is 0 Å². The van der Waals surface area contributed by atoms with Gasteiger partial charge in [-0.05, 0) is 101 Å². The molecule has 0 spiro atoms. The number of aryl methyl sites for hydroxylation is 1. The van der Waals surface area contributed by atoms with E-state index in [1.54, 1.807) is 74.7 Å². The SMILES string of the molecule is C=C(C)C(=O)Oc1ccc2cc(-c3ccc(OC)cc3)c(=O)oc2c1.C=CC(=O)Oc1ccc(-c2ccc(-c3ccc(OC(=O)C=C)cc3CC)cc2)cc1. The molecule has 0 N–H and O–H groups in total. The number of fused-ring (bicyclic) bond motifs is 1. The van der Waals surface area contributed by atoms with Crippen molar-refractivity contribution in [2.45, 2.75) is 20.3 Å². The van der Waals surface area contributed by atoms with Crippen molar-refractivity contribution in [2.75, 3.05) is 7.11 Å². The summed E-state index contributed by atoms with van der Waals surface area (Å²) in [6.45, 7) is 14.0. The van der Waals surface area contributed by atoms with E-state index in [1.807, 2.05) is 36.4 Å². The molecule has 9 heteroatoms. The van der Waals surface area contributed by atoms with Gasteiger partial charge in [0.1, 0.15) is 28.6 Å². The highest BCUT2D eigenvalue weighted by atomic mass is 16.5. The van der Waals surface area contributed by atoms with Gasteiger partial charge >= 0.3 is 23.5 Å². The molecule has 6 aromatic rings. The fourth-order valence-corrected chi connectivity index (χ4v) is 5.40. The summed E-state index contributed by atoms with van der Waals surface area (Å²) in [5.41, 5.74) is 6.66. The molecule has 5 aromatic carbocycles. The fourth-order valence-electron chi connectivity index (χ4n) is 5.40. The number of carbonyl (C=O) groups excluding carboxylic acids is 3. The van der Waals surface area contributed by atoms with Crippen molar-refractivity contribution in [3.63, 3.8) is 0 Å². The van der Waals surface area contributed by atoms with Crippen LogP contribution in [0, 0.1) is 0 Å². The minimum absolute atomic E-state index is 0.288. The van der Waals surface area contributed by atoms with Crippen molar-refractivity contribution in [2.24, 2.45) is 0 Å². The van der Waals surface area contributed by atoms with E-state index in [0.717, 1.165) is 57.3 Å². The van der Waals surface area contributed by atoms with Crippen LogP contribution in [0.25, 0.3) is 44.3 Å². The van der Waals surface area contributed by atoms with E-state index >= 15 is 0 Å². The predicted octanol–water partition coefficient (Wildman–Crippen LogP) is 9.72. The second-order valence-corrected chi connectivity index (χ2v) is 12.1. The van der Waals surface area contributed by atoms with Crippen LogP contribution in [0.3, 0.4) is 0 Å². The summed E-state index contributed by atoms with van der Waals surface area (Å²) in [6, 6.07) is 34.9. The highest BCUT2D eigenvalue weighted by Crippen LogP contribution is 2.31. The molecule has 276 valence electrons. The number of rotatable bonds is 11. The molecule has 0 saturated carbocycles. The second-order valence-electron chi connectivity index (χ2n) is 12.1. The normalized spacial score (nSPS) is 10.3. The van der Waals surface area contributed by atoms with E-state index < -0.39 is 23.5 Å². The number of carbonyl (C=O) groups is 3. The maximum absolute atomic E-state index is 12.3. The Morgan fingerprint density at radius 3 is 1.69 bits per heavy atom. The van der Waals surface area contributed by atoms with Gasteiger partial charge in [0.05, 0.1) is 12.7 Å². The Hall–Kier alpha value is -7.26. The average molecular weight is 735 g/mol. The van der Waals surface area contributed by atoms with Gasteiger partial charge in [0, 0.05) is 29.2 Å². The lowest BCUT2D eigenvalue weighted by Crippen LogP contribution is -2.08. The molecule has 0 saturated heterocycles. The zero-order valence-electron chi connectivity index (χ0n) is 30.6. The van der Waals surface area contributed by atoms with Gasteiger partial charge < -0.3 is 23.4 Å². The molecule has 0 aliphatic rings. The zero-order valence-corrected chi connectivity index (χ0v) is 30.6. The molecule has 9 nitrogen and oxygen atoms in total. The lowest BCUT2D eigenvalue weighted by molar-refractivity contribution is -0.130. The molecule has 0 radical (unpaired) electrons. The monoisotopic (exact) mass is 734 g/mol. The molecule has 0 amide bonds. The number of esters is 3. The first-order valence-electron chi connectivity index (χ1n) is 17.1. The van der Waals surface area contributed by atoms with E-state index in [-0.39, 0.29) is 5.57 Å². The zero-order chi connectivity index (χ0) is 39.5. The molecule has 0 atom stereocenters. The Balaban J connectivity index is 0.000000214. The fraction of sp³-hybridized carbons (Fsp3) is 0.0870. The molecule has 0 aliphatic carbocycles. The molecule has 55 heavy (non-hydrogen) atoms. The first-order valence-corrected chi connectivity index (χ1v) is 17.1. The molecular weight excluding hydrogens is 696 g/mol. The lowest BCUT2D eigenvalue weighted by atomic mass is 9.95. The lowest BCUT2D eigenvalue weighted by Gasteiger charge is -2.12. The summed E-state index contributed by atoms with van der Waals surface area (Å²) in [6.07, 6.45) is 3.09. The minimum Gasteiger partial charge on any atom is -0.497 e. The first kappa shape index (κ1) is 39.0. The highest BCUT2D eigenvalue weighted by Gasteiger charge is 2.12. The summed E-state index contributed by atoms with van der Waals surface area (Å²) < 4.78 is 26.0. The van der Waals surface area contributed by atoms with E-state index in [4.69, 9.17) is 23.4 Å². The number of hydrogen-bond acceptors (Lipinski definition) is 9. The van der Waals surface area contributed by atoms with Gasteiger partial charge in [-0.2, -0.15) is 0 Å². The van der Waals surface area contributed by atoms with E-state index in [1.165, 1.54) is 6.07 Å². The topological polar surface area (TPSA) is 118 Å². The Bertz CT molecular complexity index is 2440. The van der Waals surface area contributed by atoms with Crippen LogP contribution in [-0.2, 0) is 20.8 Å². The van der Waals surface area contributed by atoms with Crippen molar-refractivity contribution >= 4 is 28.9 Å². The largest absolute Gasteiger partial charge is 0.497 e. The summed E-state index contributed by atoms with van der Waals surface area (Å²) in [7, 11) is 1.58. The Morgan fingerprint density at radius 2 is 1.11 bits per heavy atom. The smallest absolute Gasteiger partial charge is 0.344 e. The minimum atomic E-state index is -0.531. The van der Waals surface area contributed by atoms with Gasteiger partial charge in [-0.15, -0.1) is 0 Å². The summed E-state index contributed by atoms with van der Waals surface area (Å²) in [5, 5.41) is 0.723. The molecule has 0 bridgehead atoms. The number of methoxy groups -OCH3 is 1. The van der Waals surface area contributed by atoms with Gasteiger partial charge in [-0.1, -0.05) is 81.3 Å². The van der Waals surface area contributed by atoms with Crippen molar-refractivity contribution in [1.82, 2.24) is 0 Å². The van der Waals surface area contributed by atoms with Gasteiger partial charge in [0.15, 0.2) is 0 Å². The average Bonchev–Trinajstić information content (AvgIpc) is 3.21. The van der Waals surface area contributed by atoms with Crippen LogP contribution in [0.1, 0.15) is 19.4 Å². The van der Waals surface area contributed by atoms with Crippen LogP contribution in [0.4, 0.5) is 0 Å². The van der Waals surface area contributed by atoms with Crippen molar-refractivity contribution < 1.29 is 37.7 Å². The third kappa shape index (κ3) is 10.00. The number of benzene rings is 5. The molecule has 1 heterocycles. The molecule has 6 rings (SSSR count). The molecule has 0 aliphatic heterocycles. The Labute approximate surface area is 318 Å². The summed E-state index contributed by atoms with van der Waals surface area (Å²) >= 11 is 0. The number of hydrogen-bond donors (Lipinski definition) is 0. The standard InChI is InChI=1S/C26H22O4.C20H16O5/c1-4-18-17-23(30-26(28)6-3)15-16-24(18)21-9-7-19(8-10-21)20-11-13-22(14-12-20)29-25(27)5-2;1-12(2)19(21)24-16-9-6-14-10-17(20(22)25-18(14)11-16)13-4-7-15(23-3)8-5-13/h5-17H,2-4H2,1H3;4-11H,1H2,2-3H3. The number of ether oxygens (including phenoxy) is 4. The molecule has 0 unspecified atom stereocenters. The summed E-state index contributed by atoms with van der Waals surface area (Å²) in [4.78, 5) is 46.6. The molecule has 1 aromatic heterocycles. The molecular formula is C46H38O9. The molecule has 0 fully saturated rings. The second kappa shape index (κ2) is 18.0. The van der Waals surface area contributed by atoms with Gasteiger partial charge in [0.2, 0.25) is 0 Å². The van der Waals surface area contributed by atoms with E-state index in [0.29, 0.717) is 34.1 Å². The van der Waals surface area contributed by atoms with E-state index in [9.17, 15) is 19.2 Å². The van der Waals surface area contributed by atoms with Crippen molar-refractivity contribution in [3.05, 3.63) is 169 Å². The predicted molar refractivity (Wildman–Crippen MR) is 213 cm³/mol. The maximum Gasteiger partial charge on any atom is 0.344 e. The van der Waals surface area contributed by atoms with Gasteiger partial charge in [-0.25, -0.2) is 19.2 Å².